The van der Waals surface area contributed by atoms with Crippen molar-refractivity contribution < 1.29 is 5.11 Å². The summed E-state index contributed by atoms with van der Waals surface area (Å²) in [5, 5.41) is 10.4. The fraction of sp³-hybridized carbons (Fsp3) is 0.857. The van der Waals surface area contributed by atoms with Gasteiger partial charge >= 0.3 is 0 Å². The van der Waals surface area contributed by atoms with Gasteiger partial charge in [0.1, 0.15) is 0 Å². The van der Waals surface area contributed by atoms with E-state index in [0.29, 0.717) is 23.2 Å². The molecule has 0 radical (unpaired) electrons. The lowest BCUT2D eigenvalue weighted by atomic mass is 9.63. The molecular formula is C14H22O. The lowest BCUT2D eigenvalue weighted by Gasteiger charge is -2.43. The molecule has 1 nitrogen and oxygen atoms in total. The minimum absolute atomic E-state index is 0.0805. The van der Waals surface area contributed by atoms with Gasteiger partial charge in [-0.15, -0.1) is 0 Å². The highest BCUT2D eigenvalue weighted by molar-refractivity contribution is 5.22. The van der Waals surface area contributed by atoms with Crippen molar-refractivity contribution in [3.8, 4) is 0 Å². The van der Waals surface area contributed by atoms with Crippen molar-refractivity contribution in [1.29, 1.82) is 0 Å². The quantitative estimate of drug-likeness (QED) is 0.604. The molecule has 0 aliphatic heterocycles. The van der Waals surface area contributed by atoms with Crippen LogP contribution in [0.3, 0.4) is 0 Å². The molecule has 0 amide bonds. The lowest BCUT2D eigenvalue weighted by Crippen LogP contribution is -2.42. The molecular weight excluding hydrogens is 184 g/mol. The van der Waals surface area contributed by atoms with Gasteiger partial charge in [0.05, 0.1) is 6.10 Å². The molecule has 15 heavy (non-hydrogen) atoms. The third-order valence-electron chi connectivity index (χ3n) is 5.51. The van der Waals surface area contributed by atoms with E-state index in [1.165, 1.54) is 24.8 Å². The SMILES string of the molecule is C=C1[C@@H]2CCC(C)(C)[C@H]3[C@H](CC[C@@H]13)C2O. The molecule has 0 aromatic rings. The van der Waals surface area contributed by atoms with Crippen molar-refractivity contribution in [3.05, 3.63) is 12.2 Å². The third-order valence-corrected chi connectivity index (χ3v) is 5.51. The molecule has 4 aliphatic carbocycles. The van der Waals surface area contributed by atoms with Gasteiger partial charge in [0, 0.05) is 5.92 Å². The van der Waals surface area contributed by atoms with Gasteiger partial charge < -0.3 is 5.11 Å². The number of aliphatic hydroxyl groups is 1. The van der Waals surface area contributed by atoms with Crippen molar-refractivity contribution in [2.75, 3.05) is 0 Å². The molecule has 0 aromatic carbocycles. The van der Waals surface area contributed by atoms with Crippen molar-refractivity contribution in [2.45, 2.75) is 45.6 Å². The molecule has 4 bridgehead atoms. The zero-order chi connectivity index (χ0) is 10.8. The molecule has 1 heteroatoms. The first-order valence-corrected chi connectivity index (χ1v) is 6.39. The molecule has 0 heterocycles. The predicted octanol–water partition coefficient (Wildman–Crippen LogP) is 3.00. The van der Waals surface area contributed by atoms with Gasteiger partial charge in [-0.2, -0.15) is 0 Å². The second-order valence-corrected chi connectivity index (χ2v) is 6.57. The molecule has 84 valence electrons. The number of fused-ring (bicyclic) bond motifs is 2. The first-order valence-electron chi connectivity index (χ1n) is 6.39. The van der Waals surface area contributed by atoms with Crippen molar-refractivity contribution in [2.24, 2.45) is 29.1 Å². The Morgan fingerprint density at radius 1 is 1.20 bits per heavy atom. The number of hydrogen-bond donors (Lipinski definition) is 1. The summed E-state index contributed by atoms with van der Waals surface area (Å²) in [4.78, 5) is 0. The lowest BCUT2D eigenvalue weighted by molar-refractivity contribution is 0.00430. The normalized spacial score (nSPS) is 51.9. The molecule has 4 saturated carbocycles. The van der Waals surface area contributed by atoms with Crippen LogP contribution >= 0.6 is 0 Å². The van der Waals surface area contributed by atoms with Crippen LogP contribution in [0.25, 0.3) is 0 Å². The standard InChI is InChI=1S/C14H22O/c1-8-9-4-5-11-12(9)14(2,3)7-6-10(8)13(11)15/h9-13,15H,1,4-7H2,2-3H3/t9-,10-,11-,12+,13?/m0/s1. The third kappa shape index (κ3) is 1.13. The van der Waals surface area contributed by atoms with Crippen molar-refractivity contribution >= 4 is 0 Å². The van der Waals surface area contributed by atoms with E-state index in [4.69, 9.17) is 0 Å². The van der Waals surface area contributed by atoms with E-state index in [9.17, 15) is 5.11 Å². The summed E-state index contributed by atoms with van der Waals surface area (Å²) in [5.74, 6) is 2.42. The van der Waals surface area contributed by atoms with Crippen molar-refractivity contribution in [3.63, 3.8) is 0 Å². The largest absolute Gasteiger partial charge is 0.392 e. The Morgan fingerprint density at radius 2 is 1.93 bits per heavy atom. The summed E-state index contributed by atoms with van der Waals surface area (Å²) in [6.07, 6.45) is 4.87. The molecule has 1 N–H and O–H groups in total. The summed E-state index contributed by atoms with van der Waals surface area (Å²) in [6.45, 7) is 9.09. The Labute approximate surface area is 92.6 Å². The molecule has 1 unspecified atom stereocenters. The fourth-order valence-electron chi connectivity index (χ4n) is 4.80. The first-order chi connectivity index (χ1) is 7.02. The van der Waals surface area contributed by atoms with Gasteiger partial charge in [0.15, 0.2) is 0 Å². The van der Waals surface area contributed by atoms with Crippen molar-refractivity contribution in [1.82, 2.24) is 0 Å². The Kier molecular flexibility index (Phi) is 1.90. The zero-order valence-electron chi connectivity index (χ0n) is 9.87. The number of aliphatic hydroxyl groups excluding tert-OH is 1. The second-order valence-electron chi connectivity index (χ2n) is 6.57. The number of rotatable bonds is 0. The highest BCUT2D eigenvalue weighted by Crippen LogP contribution is 2.62. The minimum Gasteiger partial charge on any atom is -0.392 e. The Bertz CT molecular complexity index is 304. The van der Waals surface area contributed by atoms with Crippen LogP contribution in [0.1, 0.15) is 39.5 Å². The molecule has 0 spiro atoms. The van der Waals surface area contributed by atoms with Crippen LogP contribution in [0.5, 0.6) is 0 Å². The van der Waals surface area contributed by atoms with Crippen LogP contribution in [0.15, 0.2) is 12.2 Å². The molecule has 4 rings (SSSR count). The van der Waals surface area contributed by atoms with Crippen LogP contribution < -0.4 is 0 Å². The van der Waals surface area contributed by atoms with E-state index in [0.717, 1.165) is 12.3 Å². The van der Waals surface area contributed by atoms with E-state index >= 15 is 0 Å². The second kappa shape index (κ2) is 2.88. The van der Waals surface area contributed by atoms with Gasteiger partial charge in [-0.25, -0.2) is 0 Å². The maximum absolute atomic E-state index is 10.4. The van der Waals surface area contributed by atoms with Gasteiger partial charge in [-0.3, -0.25) is 0 Å². The maximum Gasteiger partial charge on any atom is 0.0636 e. The van der Waals surface area contributed by atoms with E-state index in [-0.39, 0.29) is 6.10 Å². The smallest absolute Gasteiger partial charge is 0.0636 e. The fourth-order valence-corrected chi connectivity index (χ4v) is 4.80. The monoisotopic (exact) mass is 206 g/mol. The van der Waals surface area contributed by atoms with E-state index in [2.05, 4.69) is 20.4 Å². The highest BCUT2D eigenvalue weighted by atomic mass is 16.3. The maximum atomic E-state index is 10.4. The Morgan fingerprint density at radius 3 is 2.67 bits per heavy atom. The van der Waals surface area contributed by atoms with Crippen LogP contribution in [-0.4, -0.2) is 11.2 Å². The highest BCUT2D eigenvalue weighted by Gasteiger charge is 2.57. The summed E-state index contributed by atoms with van der Waals surface area (Å²) >= 11 is 0. The van der Waals surface area contributed by atoms with Gasteiger partial charge in [-0.1, -0.05) is 26.0 Å². The summed E-state index contributed by atoms with van der Waals surface area (Å²) in [5.41, 5.74) is 1.80. The summed E-state index contributed by atoms with van der Waals surface area (Å²) in [7, 11) is 0. The summed E-state index contributed by atoms with van der Waals surface area (Å²) < 4.78 is 0. The average molecular weight is 206 g/mol. The molecule has 4 fully saturated rings. The Hall–Kier alpha value is -0.300. The summed E-state index contributed by atoms with van der Waals surface area (Å²) in [6, 6.07) is 0. The van der Waals surface area contributed by atoms with Gasteiger partial charge in [0.25, 0.3) is 0 Å². The zero-order valence-corrected chi connectivity index (χ0v) is 9.87. The minimum atomic E-state index is -0.0805. The van der Waals surface area contributed by atoms with Crippen LogP contribution in [0.4, 0.5) is 0 Å². The van der Waals surface area contributed by atoms with Crippen LogP contribution in [0, 0.1) is 29.1 Å². The van der Waals surface area contributed by atoms with E-state index < -0.39 is 0 Å². The first kappa shape index (κ1) is 9.89. The molecule has 5 atom stereocenters. The van der Waals surface area contributed by atoms with Gasteiger partial charge in [-0.05, 0) is 48.9 Å². The van der Waals surface area contributed by atoms with E-state index in [1.54, 1.807) is 0 Å². The Balaban J connectivity index is 2.10. The molecule has 0 saturated heterocycles. The van der Waals surface area contributed by atoms with Gasteiger partial charge in [0.2, 0.25) is 0 Å². The van der Waals surface area contributed by atoms with Crippen LogP contribution in [0.2, 0.25) is 0 Å². The number of hydrogen-bond acceptors (Lipinski definition) is 1. The molecule has 4 aliphatic rings. The molecule has 0 aromatic heterocycles. The van der Waals surface area contributed by atoms with E-state index in [1.807, 2.05) is 0 Å². The predicted molar refractivity (Wildman–Crippen MR) is 61.4 cm³/mol. The van der Waals surface area contributed by atoms with Crippen LogP contribution in [-0.2, 0) is 0 Å². The average Bonchev–Trinajstić information content (AvgIpc) is 2.49. The topological polar surface area (TPSA) is 20.2 Å².